The number of aliphatic imine (C=N–C) groups is 1. The van der Waals surface area contributed by atoms with Crippen LogP contribution in [-0.2, 0) is 4.79 Å². The van der Waals surface area contributed by atoms with Gasteiger partial charge in [-0.05, 0) is 25.0 Å². The average Bonchev–Trinajstić information content (AvgIpc) is 2.67. The first-order valence-corrected chi connectivity index (χ1v) is 10.4. The van der Waals surface area contributed by atoms with Crippen LogP contribution in [0.5, 0.6) is 0 Å². The summed E-state index contributed by atoms with van der Waals surface area (Å²) in [7, 11) is 1.94. The highest BCUT2D eigenvalue weighted by molar-refractivity contribution is 5.94. The van der Waals surface area contributed by atoms with Gasteiger partial charge in [-0.2, -0.15) is 0 Å². The molecule has 0 saturated carbocycles. The van der Waals surface area contributed by atoms with Crippen molar-refractivity contribution in [2.45, 2.75) is 77.0 Å². The maximum atomic E-state index is 10.4. The number of nitrogens with two attached hydrogens (primary N) is 1. The van der Waals surface area contributed by atoms with Gasteiger partial charge < -0.3 is 15.7 Å². The fourth-order valence-corrected chi connectivity index (χ4v) is 3.06. The number of hydrogen-bond donors (Lipinski definition) is 2. The number of carboxylic acids is 1. The van der Waals surface area contributed by atoms with Crippen molar-refractivity contribution in [1.82, 2.24) is 0 Å². The lowest BCUT2D eigenvalue weighted by Gasteiger charge is -2.17. The quantitative estimate of drug-likeness (QED) is 0.251. The zero-order chi connectivity index (χ0) is 19.7. The van der Waals surface area contributed by atoms with Gasteiger partial charge in [0.15, 0.2) is 5.96 Å². The van der Waals surface area contributed by atoms with Crippen LogP contribution in [0.25, 0.3) is 0 Å². The van der Waals surface area contributed by atoms with E-state index in [9.17, 15) is 4.79 Å². The molecule has 0 fully saturated rings. The summed E-state index contributed by atoms with van der Waals surface area (Å²) in [5.41, 5.74) is 7.11. The molecule has 0 atom stereocenters. The molecule has 1 aromatic carbocycles. The number of carbonyl (C=O) groups is 1. The van der Waals surface area contributed by atoms with Gasteiger partial charge >= 0.3 is 5.97 Å². The van der Waals surface area contributed by atoms with Crippen LogP contribution in [0.15, 0.2) is 35.3 Å². The number of anilines is 1. The highest BCUT2D eigenvalue weighted by Crippen LogP contribution is 2.13. The molecular formula is C22H37N3O2. The standard InChI is InChI=1S/C22H37N3O2/c1-25(20-16-12-11-13-17-20)22(23)24-19-15-10-8-6-4-2-3-5-7-9-14-18-21(26)27/h11-13,16-17H,2-10,14-15,18-19H2,1H3,(H2,23,24)(H,26,27). The Bertz CT molecular complexity index is 532. The van der Waals surface area contributed by atoms with Gasteiger partial charge in [-0.1, -0.05) is 76.0 Å². The van der Waals surface area contributed by atoms with E-state index in [1.165, 1.54) is 51.4 Å². The smallest absolute Gasteiger partial charge is 0.303 e. The largest absolute Gasteiger partial charge is 0.481 e. The Hall–Kier alpha value is -2.04. The van der Waals surface area contributed by atoms with Crippen molar-refractivity contribution in [2.24, 2.45) is 10.7 Å². The van der Waals surface area contributed by atoms with Crippen LogP contribution in [0, 0.1) is 0 Å². The van der Waals surface area contributed by atoms with Gasteiger partial charge in [0.1, 0.15) is 0 Å². The Balaban J connectivity index is 1.92. The SMILES string of the molecule is CN(C(N)=NCCCCCCCCCCCCCC(=O)O)c1ccccc1. The number of nitrogens with zero attached hydrogens (tertiary/aromatic N) is 2. The zero-order valence-corrected chi connectivity index (χ0v) is 16.9. The molecule has 5 nitrogen and oxygen atoms in total. The molecule has 5 heteroatoms. The molecule has 0 bridgehead atoms. The van der Waals surface area contributed by atoms with Gasteiger partial charge in [-0.3, -0.25) is 9.79 Å². The number of unbranched alkanes of at least 4 members (excludes halogenated alkanes) is 10. The predicted molar refractivity (Wildman–Crippen MR) is 114 cm³/mol. The highest BCUT2D eigenvalue weighted by Gasteiger charge is 2.03. The van der Waals surface area contributed by atoms with Crippen LogP contribution in [-0.4, -0.2) is 30.6 Å². The second-order valence-electron chi connectivity index (χ2n) is 7.17. The van der Waals surface area contributed by atoms with E-state index in [4.69, 9.17) is 10.8 Å². The van der Waals surface area contributed by atoms with Gasteiger partial charge in [0, 0.05) is 25.7 Å². The number of carboxylic acid groups (broad SMARTS) is 1. The van der Waals surface area contributed by atoms with E-state index in [0.717, 1.165) is 31.5 Å². The molecule has 0 aromatic heterocycles. The third kappa shape index (κ3) is 12.1. The van der Waals surface area contributed by atoms with Crippen LogP contribution < -0.4 is 10.6 Å². The van der Waals surface area contributed by atoms with Crippen molar-refractivity contribution in [1.29, 1.82) is 0 Å². The van der Waals surface area contributed by atoms with E-state index in [2.05, 4.69) is 4.99 Å². The molecule has 0 aliphatic heterocycles. The van der Waals surface area contributed by atoms with Crippen molar-refractivity contribution in [3.05, 3.63) is 30.3 Å². The first kappa shape index (κ1) is 23.0. The van der Waals surface area contributed by atoms with Crippen LogP contribution >= 0.6 is 0 Å². The Morgan fingerprint density at radius 3 is 1.89 bits per heavy atom. The molecule has 0 amide bonds. The molecule has 3 N–H and O–H groups in total. The summed E-state index contributed by atoms with van der Waals surface area (Å²) < 4.78 is 0. The number of aliphatic carboxylic acids is 1. The number of guanidine groups is 1. The summed E-state index contributed by atoms with van der Waals surface area (Å²) in [5, 5.41) is 8.57. The fourth-order valence-electron chi connectivity index (χ4n) is 3.06. The molecule has 0 saturated heterocycles. The first-order chi connectivity index (χ1) is 13.1. The molecule has 0 aliphatic carbocycles. The Morgan fingerprint density at radius 1 is 0.889 bits per heavy atom. The number of rotatable bonds is 15. The lowest BCUT2D eigenvalue weighted by molar-refractivity contribution is -0.137. The first-order valence-electron chi connectivity index (χ1n) is 10.4. The van der Waals surface area contributed by atoms with E-state index < -0.39 is 5.97 Å². The van der Waals surface area contributed by atoms with Crippen LogP contribution in [0.4, 0.5) is 5.69 Å². The van der Waals surface area contributed by atoms with E-state index in [1.807, 2.05) is 42.3 Å². The number of hydrogen-bond acceptors (Lipinski definition) is 2. The van der Waals surface area contributed by atoms with Gasteiger partial charge in [0.25, 0.3) is 0 Å². The molecule has 27 heavy (non-hydrogen) atoms. The summed E-state index contributed by atoms with van der Waals surface area (Å²) in [6.07, 6.45) is 13.3. The average molecular weight is 376 g/mol. The van der Waals surface area contributed by atoms with E-state index in [-0.39, 0.29) is 0 Å². The topological polar surface area (TPSA) is 78.9 Å². The van der Waals surface area contributed by atoms with E-state index in [1.54, 1.807) is 0 Å². The minimum atomic E-state index is -0.674. The van der Waals surface area contributed by atoms with Gasteiger partial charge in [0.2, 0.25) is 0 Å². The summed E-state index contributed by atoms with van der Waals surface area (Å²) in [6, 6.07) is 10.0. The number of benzene rings is 1. The second-order valence-corrected chi connectivity index (χ2v) is 7.17. The second kappa shape index (κ2) is 15.1. The molecular weight excluding hydrogens is 338 g/mol. The molecule has 152 valence electrons. The van der Waals surface area contributed by atoms with Crippen molar-refractivity contribution in [2.75, 3.05) is 18.5 Å². The van der Waals surface area contributed by atoms with Crippen LogP contribution in [0.1, 0.15) is 77.0 Å². The maximum Gasteiger partial charge on any atom is 0.303 e. The predicted octanol–water partition coefficient (Wildman–Crippen LogP) is 5.20. The van der Waals surface area contributed by atoms with Gasteiger partial charge in [0.05, 0.1) is 0 Å². The molecule has 1 aromatic rings. The molecule has 0 spiro atoms. The fraction of sp³-hybridized carbons (Fsp3) is 0.636. The van der Waals surface area contributed by atoms with E-state index in [0.29, 0.717) is 12.4 Å². The van der Waals surface area contributed by atoms with Crippen molar-refractivity contribution in [3.8, 4) is 0 Å². The van der Waals surface area contributed by atoms with Crippen LogP contribution in [0.3, 0.4) is 0 Å². The Morgan fingerprint density at radius 2 is 1.37 bits per heavy atom. The Kier molecular flexibility index (Phi) is 12.8. The third-order valence-electron chi connectivity index (χ3n) is 4.81. The summed E-state index contributed by atoms with van der Waals surface area (Å²) in [5.74, 6) is -0.101. The molecule has 1 rings (SSSR count). The minimum Gasteiger partial charge on any atom is -0.481 e. The van der Waals surface area contributed by atoms with Gasteiger partial charge in [-0.25, -0.2) is 0 Å². The Labute approximate surface area is 164 Å². The minimum absolute atomic E-state index is 0.318. The zero-order valence-electron chi connectivity index (χ0n) is 16.9. The normalized spacial score (nSPS) is 11.5. The highest BCUT2D eigenvalue weighted by atomic mass is 16.4. The van der Waals surface area contributed by atoms with E-state index >= 15 is 0 Å². The maximum absolute atomic E-state index is 10.4. The summed E-state index contributed by atoms with van der Waals surface area (Å²) in [4.78, 5) is 16.8. The summed E-state index contributed by atoms with van der Waals surface area (Å²) in [6.45, 7) is 0.791. The molecule has 0 heterocycles. The van der Waals surface area contributed by atoms with Crippen LogP contribution in [0.2, 0.25) is 0 Å². The monoisotopic (exact) mass is 375 g/mol. The molecule has 0 aliphatic rings. The van der Waals surface area contributed by atoms with Gasteiger partial charge in [-0.15, -0.1) is 0 Å². The van der Waals surface area contributed by atoms with Crippen molar-refractivity contribution >= 4 is 17.6 Å². The number of para-hydroxylation sites is 1. The van der Waals surface area contributed by atoms with Crippen molar-refractivity contribution < 1.29 is 9.90 Å². The lowest BCUT2D eigenvalue weighted by atomic mass is 10.1. The van der Waals surface area contributed by atoms with Crippen molar-refractivity contribution in [3.63, 3.8) is 0 Å². The third-order valence-corrected chi connectivity index (χ3v) is 4.81. The molecule has 0 radical (unpaired) electrons. The summed E-state index contributed by atoms with van der Waals surface area (Å²) >= 11 is 0. The molecule has 0 unspecified atom stereocenters. The lowest BCUT2D eigenvalue weighted by Crippen LogP contribution is -2.34.